The molecule has 3 aliphatic heterocycles. The van der Waals surface area contributed by atoms with Crippen molar-refractivity contribution in [2.45, 2.75) is 45.4 Å². The molecule has 1 unspecified atom stereocenters. The highest BCUT2D eigenvalue weighted by Crippen LogP contribution is 2.48. The first-order chi connectivity index (χ1) is 15.9. The molecular formula is C29H35BrN2O2. The molecule has 3 saturated heterocycles. The van der Waals surface area contributed by atoms with E-state index in [1.807, 2.05) is 30.5 Å². The van der Waals surface area contributed by atoms with Crippen LogP contribution in [0.1, 0.15) is 41.2 Å². The van der Waals surface area contributed by atoms with Crippen molar-refractivity contribution in [1.29, 1.82) is 0 Å². The number of fused-ring (bicyclic) bond motifs is 4. The first-order valence-electron chi connectivity index (χ1n) is 12.1. The Morgan fingerprint density at radius 1 is 1.18 bits per heavy atom. The highest BCUT2D eigenvalue weighted by Gasteiger charge is 2.54. The number of rotatable bonds is 6. The number of quaternary nitrogens is 1. The van der Waals surface area contributed by atoms with E-state index in [4.69, 9.17) is 4.74 Å². The number of hydrogen-bond donors (Lipinski definition) is 1. The van der Waals surface area contributed by atoms with Crippen LogP contribution in [0.3, 0.4) is 0 Å². The Morgan fingerprint density at radius 2 is 1.94 bits per heavy atom. The van der Waals surface area contributed by atoms with Gasteiger partial charge in [0.2, 0.25) is 0 Å². The standard InChI is InChI=1S/C29H35N2O2.BrH/c1-5-22-18-31(17-21-13-19(2)12-20(3)14-21)11-9-23(22)15-28(31)29(32)25-8-10-30-27-7-6-24(33-4)16-26(25)27;/h5-8,10,12-14,16,22-23,28-29,32H,1,9,11,15,17-18H2,2-4H3;1H/q+1;/p-1/t22-,23-,28+,29-,31?;/m0./s1. The monoisotopic (exact) mass is 522 g/mol. The summed E-state index contributed by atoms with van der Waals surface area (Å²) in [6.07, 6.45) is 5.66. The number of pyridine rings is 1. The average Bonchev–Trinajstić information content (AvgIpc) is 2.82. The third kappa shape index (κ3) is 4.41. The number of nitrogens with zero attached hydrogens (tertiary/aromatic N) is 2. The van der Waals surface area contributed by atoms with Gasteiger partial charge in [-0.3, -0.25) is 4.98 Å². The van der Waals surface area contributed by atoms with Crippen molar-refractivity contribution in [3.63, 3.8) is 0 Å². The zero-order valence-electron chi connectivity index (χ0n) is 20.4. The van der Waals surface area contributed by atoms with Crippen LogP contribution in [0.15, 0.2) is 61.3 Å². The maximum atomic E-state index is 11.9. The summed E-state index contributed by atoms with van der Waals surface area (Å²) < 4.78 is 6.40. The SMILES string of the molecule is C=C[C@H]1C[N+]2(Cc3cc(C)cc(C)c3)CC[C@H]1C[C@@H]2[C@@H](O)c1ccnc2ccc(OC)cc12.[Br-]. The number of aryl methyl sites for hydroxylation is 2. The summed E-state index contributed by atoms with van der Waals surface area (Å²) in [5.41, 5.74) is 5.84. The van der Waals surface area contributed by atoms with Crippen LogP contribution >= 0.6 is 0 Å². The van der Waals surface area contributed by atoms with Crippen LogP contribution in [0, 0.1) is 25.7 Å². The molecule has 3 fully saturated rings. The van der Waals surface area contributed by atoms with Crippen LogP contribution < -0.4 is 21.7 Å². The van der Waals surface area contributed by atoms with E-state index >= 15 is 0 Å². The first-order valence-corrected chi connectivity index (χ1v) is 12.1. The summed E-state index contributed by atoms with van der Waals surface area (Å²) in [5.74, 6) is 1.91. The van der Waals surface area contributed by atoms with E-state index in [1.54, 1.807) is 7.11 Å². The third-order valence-electron chi connectivity index (χ3n) is 8.12. The van der Waals surface area contributed by atoms with Gasteiger partial charge in [0.1, 0.15) is 24.4 Å². The van der Waals surface area contributed by atoms with E-state index < -0.39 is 6.10 Å². The molecule has 180 valence electrons. The Balaban J connectivity index is 0.00000274. The Morgan fingerprint density at radius 3 is 2.65 bits per heavy atom. The fraction of sp³-hybridized carbons (Fsp3) is 0.414. The van der Waals surface area contributed by atoms with Crippen molar-refractivity contribution in [2.75, 3.05) is 20.2 Å². The summed E-state index contributed by atoms with van der Waals surface area (Å²) >= 11 is 0. The summed E-state index contributed by atoms with van der Waals surface area (Å²) in [7, 11) is 1.68. The smallest absolute Gasteiger partial charge is 0.131 e. The van der Waals surface area contributed by atoms with E-state index in [0.29, 0.717) is 11.8 Å². The molecule has 4 nitrogen and oxygen atoms in total. The van der Waals surface area contributed by atoms with Gasteiger partial charge in [0, 0.05) is 35.9 Å². The topological polar surface area (TPSA) is 42.4 Å². The third-order valence-corrected chi connectivity index (χ3v) is 8.12. The molecule has 0 radical (unpaired) electrons. The van der Waals surface area contributed by atoms with E-state index in [0.717, 1.165) is 52.8 Å². The lowest BCUT2D eigenvalue weighted by Crippen LogP contribution is -3.00. The predicted molar refractivity (Wildman–Crippen MR) is 133 cm³/mol. The number of ether oxygens (including phenoxy) is 1. The summed E-state index contributed by atoms with van der Waals surface area (Å²) in [4.78, 5) is 4.54. The summed E-state index contributed by atoms with van der Waals surface area (Å²) in [6, 6.07) is 14.9. The molecule has 0 aliphatic carbocycles. The van der Waals surface area contributed by atoms with Crippen LogP contribution in [-0.2, 0) is 6.54 Å². The molecule has 6 rings (SSSR count). The predicted octanol–water partition coefficient (Wildman–Crippen LogP) is 2.51. The Bertz CT molecular complexity index is 1180. The molecule has 3 aliphatic rings. The number of benzene rings is 2. The quantitative estimate of drug-likeness (QED) is 0.399. The van der Waals surface area contributed by atoms with Crippen molar-refractivity contribution in [2.24, 2.45) is 11.8 Å². The van der Waals surface area contributed by atoms with Gasteiger partial charge in [-0.25, -0.2) is 0 Å². The fourth-order valence-corrected chi connectivity index (χ4v) is 6.64. The average molecular weight is 524 g/mol. The van der Waals surface area contributed by atoms with Gasteiger partial charge in [-0.15, -0.1) is 6.58 Å². The highest BCUT2D eigenvalue weighted by atomic mass is 79.9. The number of methoxy groups -OCH3 is 1. The fourth-order valence-electron chi connectivity index (χ4n) is 6.64. The second kappa shape index (κ2) is 9.80. The Hall–Kier alpha value is -2.21. The maximum Gasteiger partial charge on any atom is 0.131 e. The Labute approximate surface area is 213 Å². The van der Waals surface area contributed by atoms with Gasteiger partial charge in [-0.05, 0) is 49.6 Å². The van der Waals surface area contributed by atoms with E-state index in [1.165, 1.54) is 23.1 Å². The number of aliphatic hydroxyl groups excluding tert-OH is 1. The molecule has 3 aromatic rings. The first kappa shape index (κ1) is 24.9. The lowest BCUT2D eigenvalue weighted by atomic mass is 9.71. The number of piperidine rings is 3. The summed E-state index contributed by atoms with van der Waals surface area (Å²) in [6.45, 7) is 11.6. The van der Waals surface area contributed by atoms with Crippen LogP contribution in [0.4, 0.5) is 0 Å². The van der Waals surface area contributed by atoms with Crippen molar-refractivity contribution < 1.29 is 31.3 Å². The minimum Gasteiger partial charge on any atom is -1.00 e. The lowest BCUT2D eigenvalue weighted by Gasteiger charge is -2.58. The van der Waals surface area contributed by atoms with Crippen molar-refractivity contribution in [3.05, 3.63) is 83.6 Å². The second-order valence-corrected chi connectivity index (χ2v) is 10.3. The minimum absolute atomic E-state index is 0. The molecule has 5 atom stereocenters. The van der Waals surface area contributed by atoms with E-state index in [-0.39, 0.29) is 23.0 Å². The van der Waals surface area contributed by atoms with Crippen molar-refractivity contribution in [1.82, 2.24) is 4.98 Å². The van der Waals surface area contributed by atoms with Crippen LogP contribution in [0.2, 0.25) is 0 Å². The molecule has 1 aromatic heterocycles. The van der Waals surface area contributed by atoms with Gasteiger partial charge in [0.15, 0.2) is 0 Å². The molecule has 34 heavy (non-hydrogen) atoms. The van der Waals surface area contributed by atoms with E-state index in [2.05, 4.69) is 49.7 Å². The van der Waals surface area contributed by atoms with Gasteiger partial charge in [-0.2, -0.15) is 0 Å². The minimum atomic E-state index is -0.554. The van der Waals surface area contributed by atoms with Crippen LogP contribution in [-0.4, -0.2) is 40.8 Å². The van der Waals surface area contributed by atoms with Crippen molar-refractivity contribution >= 4 is 10.9 Å². The van der Waals surface area contributed by atoms with Crippen LogP contribution in [0.25, 0.3) is 10.9 Å². The molecule has 0 amide bonds. The number of hydrogen-bond acceptors (Lipinski definition) is 3. The van der Waals surface area contributed by atoms with Gasteiger partial charge >= 0.3 is 0 Å². The molecule has 2 aromatic carbocycles. The van der Waals surface area contributed by atoms with E-state index in [9.17, 15) is 5.11 Å². The number of aliphatic hydroxyl groups is 1. The van der Waals surface area contributed by atoms with Gasteiger partial charge < -0.3 is 31.3 Å². The second-order valence-electron chi connectivity index (χ2n) is 10.3. The van der Waals surface area contributed by atoms with Gasteiger partial charge in [-0.1, -0.05) is 35.4 Å². The molecule has 0 spiro atoms. The zero-order chi connectivity index (χ0) is 23.2. The molecule has 2 bridgehead atoms. The molecule has 1 N–H and O–H groups in total. The van der Waals surface area contributed by atoms with Gasteiger partial charge in [0.05, 0.1) is 25.7 Å². The molecule has 0 saturated carbocycles. The number of halogens is 1. The van der Waals surface area contributed by atoms with Crippen molar-refractivity contribution in [3.8, 4) is 5.75 Å². The lowest BCUT2D eigenvalue weighted by molar-refractivity contribution is -0.984. The maximum absolute atomic E-state index is 11.9. The molecule has 4 heterocycles. The van der Waals surface area contributed by atoms with Gasteiger partial charge in [0.25, 0.3) is 0 Å². The molecule has 5 heteroatoms. The highest BCUT2D eigenvalue weighted by molar-refractivity contribution is 5.83. The normalized spacial score (nSPS) is 26.6. The largest absolute Gasteiger partial charge is 1.00 e. The van der Waals surface area contributed by atoms with Crippen LogP contribution in [0.5, 0.6) is 5.75 Å². The molecular weight excluding hydrogens is 488 g/mol. The number of aromatic nitrogens is 1. The Kier molecular flexibility index (Phi) is 7.18. The zero-order valence-corrected chi connectivity index (χ0v) is 22.0. The summed E-state index contributed by atoms with van der Waals surface area (Å²) in [5, 5.41) is 12.9.